The van der Waals surface area contributed by atoms with Crippen LogP contribution >= 0.6 is 0 Å². The van der Waals surface area contributed by atoms with Gasteiger partial charge in [-0.1, -0.05) is 48.9 Å². The van der Waals surface area contributed by atoms with Gasteiger partial charge in [-0.05, 0) is 56.7 Å². The predicted molar refractivity (Wildman–Crippen MR) is 98.8 cm³/mol. The Labute approximate surface area is 146 Å². The Morgan fingerprint density at radius 3 is 2.67 bits per heavy atom. The van der Waals surface area contributed by atoms with Crippen LogP contribution in [0.3, 0.4) is 0 Å². The number of allylic oxidation sites excluding steroid dienone is 2. The number of amides is 1. The van der Waals surface area contributed by atoms with Crippen LogP contribution in [0.2, 0.25) is 0 Å². The maximum Gasteiger partial charge on any atom is 0.220 e. The number of carbonyl (C=O) groups excluding carboxylic acids is 1. The molecule has 3 rings (SSSR count). The molecule has 0 spiro atoms. The second-order valence-electron chi connectivity index (χ2n) is 7.29. The number of nitrogens with zero attached hydrogens (tertiary/aromatic N) is 1. The highest BCUT2D eigenvalue weighted by Gasteiger charge is 2.20. The fraction of sp³-hybridized carbons (Fsp3) is 0.571. The van der Waals surface area contributed by atoms with E-state index in [-0.39, 0.29) is 11.9 Å². The van der Waals surface area contributed by atoms with Crippen LogP contribution in [0.4, 0.5) is 0 Å². The smallest absolute Gasteiger partial charge is 0.220 e. The van der Waals surface area contributed by atoms with Crippen LogP contribution in [0.5, 0.6) is 0 Å². The van der Waals surface area contributed by atoms with Gasteiger partial charge >= 0.3 is 0 Å². The summed E-state index contributed by atoms with van der Waals surface area (Å²) in [4.78, 5) is 15.0. The van der Waals surface area contributed by atoms with Crippen LogP contribution in [-0.2, 0) is 11.2 Å². The van der Waals surface area contributed by atoms with Crippen molar-refractivity contribution in [3.63, 3.8) is 0 Å². The van der Waals surface area contributed by atoms with E-state index in [0.29, 0.717) is 12.3 Å². The van der Waals surface area contributed by atoms with Gasteiger partial charge in [0.15, 0.2) is 0 Å². The van der Waals surface area contributed by atoms with Crippen LogP contribution in [0.1, 0.15) is 44.1 Å². The van der Waals surface area contributed by atoms with Gasteiger partial charge in [0.2, 0.25) is 5.91 Å². The number of likely N-dealkylation sites (tertiary alicyclic amines) is 1. The molecule has 3 heteroatoms. The fourth-order valence-corrected chi connectivity index (χ4v) is 3.90. The van der Waals surface area contributed by atoms with Crippen molar-refractivity contribution >= 4 is 5.91 Å². The van der Waals surface area contributed by atoms with Crippen LogP contribution in [0, 0.1) is 5.92 Å². The van der Waals surface area contributed by atoms with Gasteiger partial charge in [-0.15, -0.1) is 0 Å². The Morgan fingerprint density at radius 2 is 1.96 bits per heavy atom. The number of nitrogens with one attached hydrogen (secondary N) is 1. The number of rotatable bonds is 7. The first-order valence-corrected chi connectivity index (χ1v) is 9.52. The highest BCUT2D eigenvalue weighted by Crippen LogP contribution is 2.20. The van der Waals surface area contributed by atoms with E-state index in [9.17, 15) is 4.79 Å². The van der Waals surface area contributed by atoms with E-state index in [4.69, 9.17) is 0 Å². The number of hydrogen-bond donors (Lipinski definition) is 1. The molecule has 1 fully saturated rings. The summed E-state index contributed by atoms with van der Waals surface area (Å²) in [6.45, 7) is 3.32. The van der Waals surface area contributed by atoms with Crippen molar-refractivity contribution in [2.24, 2.45) is 5.92 Å². The molecule has 1 aliphatic heterocycles. The Kier molecular flexibility index (Phi) is 6.48. The average Bonchev–Trinajstić information content (AvgIpc) is 3.09. The van der Waals surface area contributed by atoms with Gasteiger partial charge in [-0.25, -0.2) is 0 Å². The molecule has 130 valence electrons. The Morgan fingerprint density at radius 1 is 1.17 bits per heavy atom. The standard InChI is InChI=1S/C21H30N2O/c24-21(16-19-11-5-6-12-19)22-20(15-18-9-3-1-4-10-18)17-23-13-7-2-8-14-23/h1,3-5,9-11,19-20H,2,6-8,12-17H2,(H,22,24)/t19-,20-/m0/s1. The molecular weight excluding hydrogens is 296 g/mol. The fourth-order valence-electron chi connectivity index (χ4n) is 3.90. The van der Waals surface area contributed by atoms with Crippen molar-refractivity contribution in [2.45, 2.75) is 51.0 Å². The van der Waals surface area contributed by atoms with Crippen LogP contribution in [-0.4, -0.2) is 36.5 Å². The van der Waals surface area contributed by atoms with E-state index < -0.39 is 0 Å². The zero-order valence-corrected chi connectivity index (χ0v) is 14.6. The molecule has 1 saturated heterocycles. The van der Waals surface area contributed by atoms with Crippen molar-refractivity contribution in [3.05, 3.63) is 48.0 Å². The SMILES string of the molecule is O=C(C[C@H]1C=CCC1)N[C@@H](Cc1ccccc1)CN1CCCCC1. The predicted octanol–water partition coefficient (Wildman–Crippen LogP) is 3.56. The topological polar surface area (TPSA) is 32.3 Å². The molecule has 2 aliphatic rings. The molecular formula is C21H30N2O. The molecule has 0 bridgehead atoms. The van der Waals surface area contributed by atoms with Gasteiger partial charge in [-0.3, -0.25) is 4.79 Å². The molecule has 1 amide bonds. The van der Waals surface area contributed by atoms with E-state index in [1.807, 2.05) is 6.07 Å². The maximum atomic E-state index is 12.5. The summed E-state index contributed by atoms with van der Waals surface area (Å²) in [7, 11) is 0. The maximum absolute atomic E-state index is 12.5. The van der Waals surface area contributed by atoms with E-state index >= 15 is 0 Å². The van der Waals surface area contributed by atoms with Crippen molar-refractivity contribution in [1.82, 2.24) is 10.2 Å². The van der Waals surface area contributed by atoms with Gasteiger partial charge in [0, 0.05) is 19.0 Å². The van der Waals surface area contributed by atoms with Crippen LogP contribution in [0.15, 0.2) is 42.5 Å². The lowest BCUT2D eigenvalue weighted by molar-refractivity contribution is -0.122. The van der Waals surface area contributed by atoms with Crippen LogP contribution in [0.25, 0.3) is 0 Å². The molecule has 0 aromatic heterocycles. The lowest BCUT2D eigenvalue weighted by Gasteiger charge is -2.31. The van der Waals surface area contributed by atoms with Crippen molar-refractivity contribution in [2.75, 3.05) is 19.6 Å². The summed E-state index contributed by atoms with van der Waals surface area (Å²) in [6, 6.07) is 10.7. The van der Waals surface area contributed by atoms with Gasteiger partial charge in [0.05, 0.1) is 0 Å². The minimum atomic E-state index is 0.211. The Balaban J connectivity index is 1.57. The van der Waals surface area contributed by atoms with E-state index in [2.05, 4.69) is 46.6 Å². The van der Waals surface area contributed by atoms with Gasteiger partial charge in [0.1, 0.15) is 0 Å². The van der Waals surface area contributed by atoms with Crippen LogP contribution < -0.4 is 5.32 Å². The quantitative estimate of drug-likeness (QED) is 0.777. The zero-order chi connectivity index (χ0) is 16.6. The number of hydrogen-bond acceptors (Lipinski definition) is 2. The third-order valence-electron chi connectivity index (χ3n) is 5.18. The summed E-state index contributed by atoms with van der Waals surface area (Å²) in [5.41, 5.74) is 1.31. The van der Waals surface area contributed by atoms with Gasteiger partial charge in [-0.2, -0.15) is 0 Å². The highest BCUT2D eigenvalue weighted by atomic mass is 16.1. The molecule has 0 radical (unpaired) electrons. The van der Waals surface area contributed by atoms with Crippen molar-refractivity contribution < 1.29 is 4.79 Å². The monoisotopic (exact) mass is 326 g/mol. The molecule has 3 nitrogen and oxygen atoms in total. The second-order valence-corrected chi connectivity index (χ2v) is 7.29. The first kappa shape index (κ1) is 17.2. The first-order chi connectivity index (χ1) is 11.8. The van der Waals surface area contributed by atoms with Crippen molar-refractivity contribution in [1.29, 1.82) is 0 Å². The number of carbonyl (C=O) groups is 1. The minimum absolute atomic E-state index is 0.211. The molecule has 1 aliphatic carbocycles. The first-order valence-electron chi connectivity index (χ1n) is 9.52. The lowest BCUT2D eigenvalue weighted by Crippen LogP contribution is -2.46. The summed E-state index contributed by atoms with van der Waals surface area (Å²) in [5, 5.41) is 3.33. The Hall–Kier alpha value is -1.61. The molecule has 1 N–H and O–H groups in total. The molecule has 0 unspecified atom stereocenters. The molecule has 1 heterocycles. The number of benzene rings is 1. The van der Waals surface area contributed by atoms with Gasteiger partial charge < -0.3 is 10.2 Å². The molecule has 0 saturated carbocycles. The van der Waals surface area contributed by atoms with E-state index in [1.54, 1.807) is 0 Å². The van der Waals surface area contributed by atoms with Crippen molar-refractivity contribution in [3.8, 4) is 0 Å². The third kappa shape index (κ3) is 5.48. The normalized spacial score (nSPS) is 22.4. The minimum Gasteiger partial charge on any atom is -0.352 e. The molecule has 1 aromatic rings. The zero-order valence-electron chi connectivity index (χ0n) is 14.6. The highest BCUT2D eigenvalue weighted by molar-refractivity contribution is 5.76. The molecule has 1 aromatic carbocycles. The van der Waals surface area contributed by atoms with Gasteiger partial charge in [0.25, 0.3) is 0 Å². The van der Waals surface area contributed by atoms with E-state index in [0.717, 1.165) is 25.8 Å². The molecule has 2 atom stereocenters. The Bertz CT molecular complexity index is 534. The summed E-state index contributed by atoms with van der Waals surface area (Å²) >= 11 is 0. The summed E-state index contributed by atoms with van der Waals surface area (Å²) in [5.74, 6) is 0.654. The third-order valence-corrected chi connectivity index (χ3v) is 5.18. The van der Waals surface area contributed by atoms with E-state index in [1.165, 1.54) is 37.9 Å². The average molecular weight is 326 g/mol. The molecule has 24 heavy (non-hydrogen) atoms. The lowest BCUT2D eigenvalue weighted by atomic mass is 10.0. The number of piperidine rings is 1. The summed E-state index contributed by atoms with van der Waals surface area (Å²) < 4.78 is 0. The second kappa shape index (κ2) is 9.03. The largest absolute Gasteiger partial charge is 0.352 e. The summed E-state index contributed by atoms with van der Waals surface area (Å²) in [6.07, 6.45) is 12.1.